The topological polar surface area (TPSA) is 38.6 Å². The minimum atomic E-state index is 0.718. The highest BCUT2D eigenvalue weighted by Gasteiger charge is 2.08. The number of aromatic nitrogens is 2. The van der Waals surface area contributed by atoms with Gasteiger partial charge in [-0.2, -0.15) is 0 Å². The van der Waals surface area contributed by atoms with Gasteiger partial charge in [0, 0.05) is 18.1 Å². The van der Waals surface area contributed by atoms with E-state index in [0.717, 1.165) is 36.8 Å². The van der Waals surface area contributed by atoms with Crippen molar-refractivity contribution < 1.29 is 4.74 Å². The van der Waals surface area contributed by atoms with Crippen molar-refractivity contribution in [1.29, 1.82) is 0 Å². The summed E-state index contributed by atoms with van der Waals surface area (Å²) in [6.07, 6.45) is 4.53. The molecule has 92 valence electrons. The summed E-state index contributed by atoms with van der Waals surface area (Å²) in [5.41, 5.74) is 2.34. The van der Waals surface area contributed by atoms with Crippen LogP contribution in [0.5, 0.6) is 0 Å². The molecule has 5 heteroatoms. The Morgan fingerprint density at radius 2 is 2.53 bits per heavy atom. The Morgan fingerprint density at radius 3 is 3.35 bits per heavy atom. The van der Waals surface area contributed by atoms with Crippen LogP contribution in [-0.4, -0.2) is 22.5 Å². The lowest BCUT2D eigenvalue weighted by Crippen LogP contribution is -2.17. The van der Waals surface area contributed by atoms with Crippen LogP contribution in [0.1, 0.15) is 17.8 Å². The number of hydrogen-bond donors (Lipinski definition) is 1. The minimum absolute atomic E-state index is 0.718. The highest BCUT2D eigenvalue weighted by Crippen LogP contribution is 2.16. The summed E-state index contributed by atoms with van der Waals surface area (Å²) in [4.78, 5) is 5.57. The molecule has 0 saturated heterocycles. The number of fused-ring (bicyclic) bond motifs is 1. The molecule has 0 spiro atoms. The summed E-state index contributed by atoms with van der Waals surface area (Å²) in [6.45, 7) is 8.06. The summed E-state index contributed by atoms with van der Waals surface area (Å²) in [5.74, 6) is 0. The molecule has 2 heterocycles. The molecular weight excluding hydrogens is 234 g/mol. The summed E-state index contributed by atoms with van der Waals surface area (Å²) >= 11 is 1.67. The molecule has 0 saturated carbocycles. The number of nitrogens with zero attached hydrogens (tertiary/aromatic N) is 2. The molecule has 2 rings (SSSR count). The largest absolute Gasteiger partial charge is 0.502 e. The van der Waals surface area contributed by atoms with Crippen LogP contribution in [0.2, 0.25) is 0 Å². The third kappa shape index (κ3) is 2.87. The summed E-state index contributed by atoms with van der Waals surface area (Å²) < 4.78 is 7.21. The fourth-order valence-electron chi connectivity index (χ4n) is 1.72. The Labute approximate surface area is 105 Å². The van der Waals surface area contributed by atoms with Crippen molar-refractivity contribution in [2.24, 2.45) is 0 Å². The maximum absolute atomic E-state index is 5.06. The Balaban J connectivity index is 1.84. The number of nitrogens with one attached hydrogen (secondary N) is 1. The van der Waals surface area contributed by atoms with Crippen molar-refractivity contribution in [3.8, 4) is 0 Å². The van der Waals surface area contributed by atoms with Gasteiger partial charge in [-0.05, 0) is 19.9 Å². The van der Waals surface area contributed by atoms with Gasteiger partial charge in [0.05, 0.1) is 24.3 Å². The molecular formula is C12H17N3OS. The summed E-state index contributed by atoms with van der Waals surface area (Å²) in [6, 6.07) is 0. The molecule has 0 radical (unpaired) electrons. The predicted octanol–water partition coefficient (Wildman–Crippen LogP) is 2.34. The fraction of sp³-hybridized carbons (Fsp3) is 0.417. The molecule has 0 aliphatic rings. The molecule has 0 fully saturated rings. The first-order chi connectivity index (χ1) is 8.33. The molecule has 2 aromatic heterocycles. The summed E-state index contributed by atoms with van der Waals surface area (Å²) in [7, 11) is 0. The van der Waals surface area contributed by atoms with E-state index in [1.54, 1.807) is 11.3 Å². The lowest BCUT2D eigenvalue weighted by atomic mass is 10.3. The van der Waals surface area contributed by atoms with Crippen molar-refractivity contribution in [3.05, 3.63) is 35.8 Å². The van der Waals surface area contributed by atoms with Crippen LogP contribution >= 0.6 is 11.3 Å². The van der Waals surface area contributed by atoms with Gasteiger partial charge in [-0.25, -0.2) is 4.98 Å². The lowest BCUT2D eigenvalue weighted by molar-refractivity contribution is 0.244. The number of thiazole rings is 1. The van der Waals surface area contributed by atoms with Crippen molar-refractivity contribution in [3.63, 3.8) is 0 Å². The second-order valence-corrected chi connectivity index (χ2v) is 4.64. The van der Waals surface area contributed by atoms with Crippen LogP contribution in [-0.2, 0) is 11.3 Å². The van der Waals surface area contributed by atoms with E-state index < -0.39 is 0 Å². The average Bonchev–Trinajstić information content (AvgIpc) is 2.85. The lowest BCUT2D eigenvalue weighted by Gasteiger charge is -2.05. The molecule has 0 atom stereocenters. The van der Waals surface area contributed by atoms with E-state index >= 15 is 0 Å². The van der Waals surface area contributed by atoms with Gasteiger partial charge in [0.2, 0.25) is 0 Å². The molecule has 0 amide bonds. The van der Waals surface area contributed by atoms with Crippen LogP contribution < -0.4 is 5.32 Å². The number of aryl methyl sites for hydroxylation is 1. The second-order valence-electron chi connectivity index (χ2n) is 3.77. The van der Waals surface area contributed by atoms with E-state index in [1.807, 2.05) is 0 Å². The highest BCUT2D eigenvalue weighted by atomic mass is 32.1. The maximum atomic E-state index is 5.06. The van der Waals surface area contributed by atoms with E-state index in [4.69, 9.17) is 4.74 Å². The SMILES string of the molecule is C=COCCCNCc1c(C)nc2sccn12. The van der Waals surface area contributed by atoms with Gasteiger partial charge in [-0.3, -0.25) is 4.40 Å². The molecule has 0 unspecified atom stereocenters. The minimum Gasteiger partial charge on any atom is -0.502 e. The number of rotatable bonds is 7. The van der Waals surface area contributed by atoms with Gasteiger partial charge in [0.1, 0.15) is 0 Å². The highest BCUT2D eigenvalue weighted by molar-refractivity contribution is 7.15. The van der Waals surface area contributed by atoms with E-state index in [0.29, 0.717) is 0 Å². The first kappa shape index (κ1) is 12.1. The first-order valence-electron chi connectivity index (χ1n) is 5.67. The molecule has 0 aliphatic carbocycles. The Bertz CT molecular complexity index is 489. The van der Waals surface area contributed by atoms with E-state index in [-0.39, 0.29) is 0 Å². The van der Waals surface area contributed by atoms with Crippen LogP contribution in [0, 0.1) is 6.92 Å². The van der Waals surface area contributed by atoms with Gasteiger partial charge in [-0.1, -0.05) is 6.58 Å². The van der Waals surface area contributed by atoms with Gasteiger partial charge < -0.3 is 10.1 Å². The van der Waals surface area contributed by atoms with Crippen LogP contribution in [0.4, 0.5) is 0 Å². The standard InChI is InChI=1S/C12H17N3OS/c1-3-16-7-4-5-13-9-11-10(2)14-12-15(11)6-8-17-12/h3,6,8,13H,1,4-5,7,9H2,2H3. The molecule has 0 aromatic carbocycles. The van der Waals surface area contributed by atoms with Gasteiger partial charge in [-0.15, -0.1) is 11.3 Å². The second kappa shape index (κ2) is 5.84. The maximum Gasteiger partial charge on any atom is 0.194 e. The van der Waals surface area contributed by atoms with Crippen molar-refractivity contribution in [2.45, 2.75) is 19.9 Å². The molecule has 1 N–H and O–H groups in total. The fourth-order valence-corrected chi connectivity index (χ4v) is 2.50. The molecule has 4 nitrogen and oxygen atoms in total. The molecule has 17 heavy (non-hydrogen) atoms. The van der Waals surface area contributed by atoms with Gasteiger partial charge >= 0.3 is 0 Å². The van der Waals surface area contributed by atoms with E-state index in [2.05, 4.69) is 39.8 Å². The van der Waals surface area contributed by atoms with Gasteiger partial charge in [0.15, 0.2) is 4.96 Å². The molecule has 2 aromatic rings. The molecule has 0 bridgehead atoms. The van der Waals surface area contributed by atoms with Crippen LogP contribution in [0.15, 0.2) is 24.4 Å². The predicted molar refractivity (Wildman–Crippen MR) is 70.3 cm³/mol. The van der Waals surface area contributed by atoms with Crippen LogP contribution in [0.3, 0.4) is 0 Å². The Kier molecular flexibility index (Phi) is 4.17. The monoisotopic (exact) mass is 251 g/mol. The van der Waals surface area contributed by atoms with Gasteiger partial charge in [0.25, 0.3) is 0 Å². The zero-order valence-corrected chi connectivity index (χ0v) is 10.8. The first-order valence-corrected chi connectivity index (χ1v) is 6.55. The zero-order valence-electron chi connectivity index (χ0n) is 9.98. The number of hydrogen-bond acceptors (Lipinski definition) is 4. The third-order valence-corrected chi connectivity index (χ3v) is 3.34. The Morgan fingerprint density at radius 1 is 1.65 bits per heavy atom. The number of imidazole rings is 1. The average molecular weight is 251 g/mol. The van der Waals surface area contributed by atoms with E-state index in [9.17, 15) is 0 Å². The summed E-state index contributed by atoms with van der Waals surface area (Å²) in [5, 5.41) is 5.46. The normalized spacial score (nSPS) is 10.9. The third-order valence-electron chi connectivity index (χ3n) is 2.59. The smallest absolute Gasteiger partial charge is 0.194 e. The molecule has 0 aliphatic heterocycles. The van der Waals surface area contributed by atoms with Crippen LogP contribution in [0.25, 0.3) is 4.96 Å². The quantitative estimate of drug-likeness (QED) is 0.606. The van der Waals surface area contributed by atoms with Crippen molar-refractivity contribution in [2.75, 3.05) is 13.2 Å². The van der Waals surface area contributed by atoms with Crippen molar-refractivity contribution >= 4 is 16.3 Å². The van der Waals surface area contributed by atoms with E-state index in [1.165, 1.54) is 12.0 Å². The zero-order chi connectivity index (χ0) is 12.1. The number of ether oxygens (including phenoxy) is 1. The Hall–Kier alpha value is -1.33. The van der Waals surface area contributed by atoms with Crippen molar-refractivity contribution in [1.82, 2.24) is 14.7 Å².